The zero-order valence-corrected chi connectivity index (χ0v) is 17.5. The van der Waals surface area contributed by atoms with Gasteiger partial charge in [0.15, 0.2) is 11.6 Å². The quantitative estimate of drug-likeness (QED) is 0.434. The second-order valence-electron chi connectivity index (χ2n) is 6.57. The lowest BCUT2D eigenvalue weighted by atomic mass is 10.1. The summed E-state index contributed by atoms with van der Waals surface area (Å²) in [5.41, 5.74) is 11.8. The van der Waals surface area contributed by atoms with Crippen LogP contribution in [-0.4, -0.2) is 50.4 Å². The van der Waals surface area contributed by atoms with Crippen molar-refractivity contribution in [3.8, 4) is 11.5 Å². The van der Waals surface area contributed by atoms with Gasteiger partial charge in [-0.25, -0.2) is 9.37 Å². The van der Waals surface area contributed by atoms with Crippen LogP contribution in [0.25, 0.3) is 0 Å². The molecular weight excluding hydrogens is 393 g/mol. The van der Waals surface area contributed by atoms with E-state index in [1.807, 2.05) is 6.92 Å². The summed E-state index contributed by atoms with van der Waals surface area (Å²) in [6.45, 7) is 4.38. The average Bonchev–Trinajstić information content (AvgIpc) is 2.72. The molecule has 0 radical (unpaired) electrons. The van der Waals surface area contributed by atoms with Gasteiger partial charge in [-0.15, -0.1) is 0 Å². The molecule has 1 aromatic carbocycles. The van der Waals surface area contributed by atoms with Crippen molar-refractivity contribution in [3.05, 3.63) is 35.6 Å². The number of halogens is 1. The van der Waals surface area contributed by atoms with Crippen molar-refractivity contribution in [3.63, 3.8) is 0 Å². The Hall–Kier alpha value is -3.11. The van der Waals surface area contributed by atoms with Crippen LogP contribution < -0.4 is 31.6 Å². The van der Waals surface area contributed by atoms with Crippen LogP contribution in [0.1, 0.15) is 24.2 Å². The molecule has 0 saturated carbocycles. The normalized spacial score (nSPS) is 12.7. The van der Waals surface area contributed by atoms with E-state index in [0.29, 0.717) is 23.8 Å². The Kier molecular flexibility index (Phi) is 8.19. The lowest BCUT2D eigenvalue weighted by molar-refractivity contribution is 0.100. The summed E-state index contributed by atoms with van der Waals surface area (Å²) < 4.78 is 30.5. The lowest BCUT2D eigenvalue weighted by Gasteiger charge is -2.23. The monoisotopic (exact) mass is 421 g/mol. The Bertz CT molecular complexity index is 856. The highest BCUT2D eigenvalue weighted by atomic mass is 19.1. The zero-order valence-electron chi connectivity index (χ0n) is 17.5. The fourth-order valence-electron chi connectivity index (χ4n) is 2.63. The van der Waals surface area contributed by atoms with E-state index >= 15 is 0 Å². The molecule has 6 N–H and O–H groups in total. The number of hydrogen-bond donors (Lipinski definition) is 4. The molecule has 0 unspecified atom stereocenters. The van der Waals surface area contributed by atoms with Gasteiger partial charge in [0.25, 0.3) is 5.91 Å². The third-order valence-electron chi connectivity index (χ3n) is 4.31. The molecule has 0 spiro atoms. The fourth-order valence-corrected chi connectivity index (χ4v) is 2.63. The third kappa shape index (κ3) is 5.94. The number of aromatic nitrogens is 1. The van der Waals surface area contributed by atoms with E-state index in [1.165, 1.54) is 14.2 Å². The predicted molar refractivity (Wildman–Crippen MR) is 113 cm³/mol. The molecular formula is C20H28FN5O4. The summed E-state index contributed by atoms with van der Waals surface area (Å²) in [6, 6.07) is 5.32. The maximum Gasteiger partial charge on any atom is 0.252 e. The molecule has 10 heteroatoms. The van der Waals surface area contributed by atoms with E-state index < -0.39 is 17.8 Å². The van der Waals surface area contributed by atoms with E-state index in [1.54, 1.807) is 25.1 Å². The van der Waals surface area contributed by atoms with Gasteiger partial charge in [-0.05, 0) is 19.9 Å². The summed E-state index contributed by atoms with van der Waals surface area (Å²) >= 11 is 0. The molecule has 2 atom stereocenters. The van der Waals surface area contributed by atoms with Crippen LogP contribution >= 0.6 is 0 Å². The van der Waals surface area contributed by atoms with Crippen molar-refractivity contribution in [1.29, 1.82) is 0 Å². The number of nitrogens with zero attached hydrogens (tertiary/aromatic N) is 1. The number of nitrogens with one attached hydrogen (secondary N) is 2. The molecule has 1 heterocycles. The molecule has 1 amide bonds. The number of amides is 1. The fraction of sp³-hybridized carbons (Fsp3) is 0.400. The Labute approximate surface area is 174 Å². The Morgan fingerprint density at radius 2 is 1.80 bits per heavy atom. The maximum atomic E-state index is 14.6. The highest BCUT2D eigenvalue weighted by Gasteiger charge is 2.21. The zero-order chi connectivity index (χ0) is 22.3. The van der Waals surface area contributed by atoms with Crippen molar-refractivity contribution in [2.75, 3.05) is 38.1 Å². The topological polar surface area (TPSA) is 134 Å². The Morgan fingerprint density at radius 1 is 1.17 bits per heavy atom. The van der Waals surface area contributed by atoms with Gasteiger partial charge >= 0.3 is 0 Å². The first-order valence-corrected chi connectivity index (χ1v) is 9.39. The van der Waals surface area contributed by atoms with E-state index in [0.717, 1.165) is 6.07 Å². The van der Waals surface area contributed by atoms with Crippen LogP contribution in [0.4, 0.5) is 21.7 Å². The minimum atomic E-state index is -0.830. The number of nitrogens with two attached hydrogens (primary N) is 2. The minimum absolute atomic E-state index is 0.0709. The highest BCUT2D eigenvalue weighted by molar-refractivity contribution is 5.98. The first-order valence-electron chi connectivity index (χ1n) is 9.39. The number of rotatable bonds is 11. The Balaban J connectivity index is 2.43. The average molecular weight is 421 g/mol. The number of methoxy groups -OCH3 is 2. The number of pyridine rings is 1. The van der Waals surface area contributed by atoms with Gasteiger partial charge in [0.2, 0.25) is 0 Å². The molecule has 0 fully saturated rings. The summed E-state index contributed by atoms with van der Waals surface area (Å²) in [7, 11) is 3.02. The molecule has 30 heavy (non-hydrogen) atoms. The molecule has 1 aromatic heterocycles. The van der Waals surface area contributed by atoms with E-state index in [9.17, 15) is 9.18 Å². The van der Waals surface area contributed by atoms with Crippen LogP contribution in [0.5, 0.6) is 11.5 Å². The summed E-state index contributed by atoms with van der Waals surface area (Å²) in [5, 5.41) is 5.92. The van der Waals surface area contributed by atoms with Crippen LogP contribution in [-0.2, 0) is 4.74 Å². The van der Waals surface area contributed by atoms with E-state index in [4.69, 9.17) is 25.7 Å². The number of anilines is 3. The number of carbonyl (C=O) groups is 1. The number of carbonyl (C=O) groups excluding carboxylic acids is 1. The first kappa shape index (κ1) is 23.2. The van der Waals surface area contributed by atoms with Gasteiger partial charge in [-0.1, -0.05) is 0 Å². The van der Waals surface area contributed by atoms with Crippen molar-refractivity contribution in [2.45, 2.75) is 25.9 Å². The van der Waals surface area contributed by atoms with Gasteiger partial charge in [0, 0.05) is 36.5 Å². The summed E-state index contributed by atoms with van der Waals surface area (Å²) in [5.74, 6) is -0.540. The van der Waals surface area contributed by atoms with Crippen LogP contribution in [0.2, 0.25) is 0 Å². The standard InChI is InChI=1S/C20H28FN5O4/c1-5-30-10-17(11(2)22)25-20-16(21)9-15(18(23)27)19(26-20)24-12-6-13(28-3)8-14(7-12)29-4/h6-9,11,17H,5,10,22H2,1-4H3,(H2,23,27)(H2,24,25,26)/t11-,17+/m0/s1. The van der Waals surface area contributed by atoms with Gasteiger partial charge in [-0.3, -0.25) is 4.79 Å². The van der Waals surface area contributed by atoms with Gasteiger partial charge in [-0.2, -0.15) is 0 Å². The van der Waals surface area contributed by atoms with Crippen molar-refractivity contribution >= 4 is 23.2 Å². The van der Waals surface area contributed by atoms with Crippen molar-refractivity contribution in [1.82, 2.24) is 4.98 Å². The molecule has 0 aliphatic carbocycles. The van der Waals surface area contributed by atoms with Crippen LogP contribution in [0.3, 0.4) is 0 Å². The van der Waals surface area contributed by atoms with Gasteiger partial charge in [0.05, 0.1) is 32.4 Å². The molecule has 164 valence electrons. The summed E-state index contributed by atoms with van der Waals surface area (Å²) in [6.07, 6.45) is 0. The second-order valence-corrected chi connectivity index (χ2v) is 6.57. The largest absolute Gasteiger partial charge is 0.497 e. The molecule has 0 aliphatic rings. The molecule has 9 nitrogen and oxygen atoms in total. The molecule has 0 bridgehead atoms. The molecule has 0 aliphatic heterocycles. The SMILES string of the molecule is CCOC[C@@H](Nc1nc(Nc2cc(OC)cc(OC)c2)c(C(N)=O)cc1F)[C@H](C)N. The number of primary amides is 1. The van der Waals surface area contributed by atoms with E-state index in [2.05, 4.69) is 15.6 Å². The maximum absolute atomic E-state index is 14.6. The van der Waals surface area contributed by atoms with Crippen LogP contribution in [0, 0.1) is 5.82 Å². The third-order valence-corrected chi connectivity index (χ3v) is 4.31. The number of hydrogen-bond acceptors (Lipinski definition) is 8. The Morgan fingerprint density at radius 3 is 2.30 bits per heavy atom. The minimum Gasteiger partial charge on any atom is -0.497 e. The van der Waals surface area contributed by atoms with Gasteiger partial charge < -0.3 is 36.3 Å². The predicted octanol–water partition coefficient (Wildman–Crippen LogP) is 2.24. The molecule has 2 aromatic rings. The lowest BCUT2D eigenvalue weighted by Crippen LogP contribution is -2.42. The van der Waals surface area contributed by atoms with Crippen molar-refractivity contribution < 1.29 is 23.4 Å². The second kappa shape index (κ2) is 10.6. The van der Waals surface area contributed by atoms with E-state index in [-0.39, 0.29) is 29.8 Å². The summed E-state index contributed by atoms with van der Waals surface area (Å²) in [4.78, 5) is 16.1. The number of ether oxygens (including phenoxy) is 3. The number of benzene rings is 1. The first-order chi connectivity index (χ1) is 14.3. The molecule has 2 rings (SSSR count). The molecule has 0 saturated heterocycles. The van der Waals surface area contributed by atoms with Crippen molar-refractivity contribution in [2.24, 2.45) is 11.5 Å². The van der Waals surface area contributed by atoms with Gasteiger partial charge in [0.1, 0.15) is 17.3 Å². The smallest absolute Gasteiger partial charge is 0.252 e. The van der Waals surface area contributed by atoms with Crippen LogP contribution in [0.15, 0.2) is 24.3 Å². The highest BCUT2D eigenvalue weighted by Crippen LogP contribution is 2.30.